The van der Waals surface area contributed by atoms with Crippen molar-refractivity contribution in [2.24, 2.45) is 0 Å². The molecule has 120 valence electrons. The number of amides is 1. The predicted octanol–water partition coefficient (Wildman–Crippen LogP) is 4.74. The van der Waals surface area contributed by atoms with Gasteiger partial charge in [0.15, 0.2) is 0 Å². The lowest BCUT2D eigenvalue weighted by atomic mass is 10.1. The highest BCUT2D eigenvalue weighted by atomic mass is 32.1. The highest BCUT2D eigenvalue weighted by molar-refractivity contribution is 7.18. The molecule has 0 aliphatic rings. The largest absolute Gasteiger partial charge is 0.333 e. The lowest BCUT2D eigenvalue weighted by Gasteiger charge is -2.23. The highest BCUT2D eigenvalue weighted by Crippen LogP contribution is 2.30. The minimum absolute atomic E-state index is 0.00273. The molecule has 1 unspecified atom stereocenters. The number of fused-ring (bicyclic) bond motifs is 2. The fourth-order valence-corrected chi connectivity index (χ4v) is 4.38. The maximum atomic E-state index is 12.8. The van der Waals surface area contributed by atoms with E-state index in [4.69, 9.17) is 0 Å². The molecule has 0 bridgehead atoms. The molecule has 24 heavy (non-hydrogen) atoms. The van der Waals surface area contributed by atoms with Crippen LogP contribution in [0.25, 0.3) is 20.4 Å². The molecule has 0 saturated heterocycles. The number of aromatic nitrogens is 2. The van der Waals surface area contributed by atoms with Crippen molar-refractivity contribution < 1.29 is 4.79 Å². The number of hydrogen-bond acceptors (Lipinski definition) is 5. The molecule has 0 spiro atoms. The first-order valence-electron chi connectivity index (χ1n) is 7.59. The number of carbonyl (C=O) groups is 1. The van der Waals surface area contributed by atoms with Crippen LogP contribution in [0.2, 0.25) is 0 Å². The fourth-order valence-electron chi connectivity index (χ4n) is 2.60. The lowest BCUT2D eigenvalue weighted by Crippen LogP contribution is -2.29. The highest BCUT2D eigenvalue weighted by Gasteiger charge is 2.22. The molecule has 0 aliphatic carbocycles. The molecule has 0 aliphatic heterocycles. The molecule has 4 aromatic rings. The van der Waals surface area contributed by atoms with Crippen molar-refractivity contribution >= 4 is 49.0 Å². The molecular formula is C18H15N3OS2. The zero-order chi connectivity index (χ0) is 16.7. The monoisotopic (exact) mass is 353 g/mol. The van der Waals surface area contributed by atoms with Crippen molar-refractivity contribution in [1.29, 1.82) is 0 Å². The summed E-state index contributed by atoms with van der Waals surface area (Å²) in [4.78, 5) is 23.5. The van der Waals surface area contributed by atoms with Crippen LogP contribution in [-0.2, 0) is 0 Å². The van der Waals surface area contributed by atoms with Gasteiger partial charge in [0.25, 0.3) is 5.91 Å². The average molecular weight is 353 g/mol. The number of thiazole rings is 2. The summed E-state index contributed by atoms with van der Waals surface area (Å²) < 4.78 is 2.17. The Balaban J connectivity index is 1.63. The summed E-state index contributed by atoms with van der Waals surface area (Å²) in [6, 6.07) is 13.6. The van der Waals surface area contributed by atoms with Crippen molar-refractivity contribution in [3.63, 3.8) is 0 Å². The Kier molecular flexibility index (Phi) is 3.78. The first kappa shape index (κ1) is 15.2. The van der Waals surface area contributed by atoms with Crippen molar-refractivity contribution in [3.8, 4) is 0 Å². The van der Waals surface area contributed by atoms with Crippen LogP contribution in [0.15, 0.2) is 48.0 Å². The van der Waals surface area contributed by atoms with Gasteiger partial charge in [-0.3, -0.25) is 4.79 Å². The van der Waals surface area contributed by atoms with E-state index in [1.54, 1.807) is 33.1 Å². The molecule has 0 N–H and O–H groups in total. The summed E-state index contributed by atoms with van der Waals surface area (Å²) in [7, 11) is 1.83. The van der Waals surface area contributed by atoms with Gasteiger partial charge in [0.1, 0.15) is 5.01 Å². The van der Waals surface area contributed by atoms with Gasteiger partial charge in [-0.25, -0.2) is 9.97 Å². The van der Waals surface area contributed by atoms with Crippen LogP contribution < -0.4 is 0 Å². The Labute approximate surface area is 147 Å². The van der Waals surface area contributed by atoms with Gasteiger partial charge in [-0.2, -0.15) is 0 Å². The van der Waals surface area contributed by atoms with Gasteiger partial charge in [-0.1, -0.05) is 12.1 Å². The first-order valence-corrected chi connectivity index (χ1v) is 9.29. The summed E-state index contributed by atoms with van der Waals surface area (Å²) in [5.41, 5.74) is 4.39. The van der Waals surface area contributed by atoms with Crippen molar-refractivity contribution in [2.45, 2.75) is 13.0 Å². The zero-order valence-corrected chi connectivity index (χ0v) is 14.9. The molecule has 1 atom stereocenters. The summed E-state index contributed by atoms with van der Waals surface area (Å²) in [5, 5.41) is 0.950. The number of benzene rings is 2. The van der Waals surface area contributed by atoms with E-state index in [1.165, 1.54) is 0 Å². The van der Waals surface area contributed by atoms with E-state index in [1.807, 2.05) is 50.4 Å². The van der Waals surface area contributed by atoms with Gasteiger partial charge in [0, 0.05) is 12.6 Å². The molecule has 0 fully saturated rings. The molecule has 4 rings (SSSR count). The maximum Gasteiger partial charge on any atom is 0.254 e. The van der Waals surface area contributed by atoms with Gasteiger partial charge in [0.2, 0.25) is 0 Å². The minimum atomic E-state index is -0.0768. The third kappa shape index (κ3) is 2.57. The van der Waals surface area contributed by atoms with Crippen LogP contribution in [0.4, 0.5) is 0 Å². The normalized spacial score (nSPS) is 12.6. The number of rotatable bonds is 3. The smallest absolute Gasteiger partial charge is 0.254 e. The number of hydrogen-bond donors (Lipinski definition) is 0. The third-order valence-corrected chi connectivity index (χ3v) is 6.15. The molecule has 6 heteroatoms. The van der Waals surface area contributed by atoms with Crippen LogP contribution in [0.5, 0.6) is 0 Å². The summed E-state index contributed by atoms with van der Waals surface area (Å²) in [5.74, 6) is -0.00273. The molecule has 1 amide bonds. The van der Waals surface area contributed by atoms with Crippen LogP contribution in [0.1, 0.15) is 28.3 Å². The quantitative estimate of drug-likeness (QED) is 0.534. The van der Waals surface area contributed by atoms with Crippen LogP contribution in [0.3, 0.4) is 0 Å². The zero-order valence-electron chi connectivity index (χ0n) is 13.3. The second-order valence-electron chi connectivity index (χ2n) is 5.65. The Morgan fingerprint density at radius 1 is 1.12 bits per heavy atom. The van der Waals surface area contributed by atoms with Crippen LogP contribution in [0, 0.1) is 0 Å². The molecular weight excluding hydrogens is 338 g/mol. The van der Waals surface area contributed by atoms with Gasteiger partial charge < -0.3 is 4.90 Å². The molecule has 0 saturated carbocycles. The predicted molar refractivity (Wildman–Crippen MR) is 99.7 cm³/mol. The second-order valence-corrected chi connectivity index (χ2v) is 7.60. The SMILES string of the molecule is CC(c1nc2ccccc2s1)N(C)C(=O)c1ccc2ncsc2c1. The molecule has 2 aromatic carbocycles. The van der Waals surface area contributed by atoms with E-state index >= 15 is 0 Å². The average Bonchev–Trinajstić information content (AvgIpc) is 3.25. The van der Waals surface area contributed by atoms with Crippen molar-refractivity contribution in [2.75, 3.05) is 7.05 Å². The van der Waals surface area contributed by atoms with E-state index < -0.39 is 0 Å². The van der Waals surface area contributed by atoms with E-state index in [0.29, 0.717) is 5.56 Å². The van der Waals surface area contributed by atoms with Crippen molar-refractivity contribution in [1.82, 2.24) is 14.9 Å². The third-order valence-electron chi connectivity index (χ3n) is 4.15. The molecule has 0 radical (unpaired) electrons. The van der Waals surface area contributed by atoms with E-state index in [0.717, 1.165) is 25.4 Å². The topological polar surface area (TPSA) is 46.1 Å². The molecule has 4 nitrogen and oxygen atoms in total. The summed E-state index contributed by atoms with van der Waals surface area (Å²) in [6.45, 7) is 2.01. The van der Waals surface area contributed by atoms with E-state index in [9.17, 15) is 4.79 Å². The van der Waals surface area contributed by atoms with E-state index in [2.05, 4.69) is 16.0 Å². The number of para-hydroxylation sites is 1. The molecule has 2 aromatic heterocycles. The summed E-state index contributed by atoms with van der Waals surface area (Å²) >= 11 is 3.18. The number of carbonyl (C=O) groups excluding carboxylic acids is 1. The Morgan fingerprint density at radius 2 is 1.96 bits per heavy atom. The van der Waals surface area contributed by atoms with E-state index in [-0.39, 0.29) is 11.9 Å². The Hall–Kier alpha value is -2.31. The van der Waals surface area contributed by atoms with Crippen molar-refractivity contribution in [3.05, 3.63) is 58.5 Å². The fraction of sp³-hybridized carbons (Fsp3) is 0.167. The lowest BCUT2D eigenvalue weighted by molar-refractivity contribution is 0.0743. The van der Waals surface area contributed by atoms with Crippen LogP contribution in [-0.4, -0.2) is 27.8 Å². The maximum absolute atomic E-state index is 12.8. The Morgan fingerprint density at radius 3 is 2.79 bits per heavy atom. The van der Waals surface area contributed by atoms with Gasteiger partial charge in [-0.15, -0.1) is 22.7 Å². The first-order chi connectivity index (χ1) is 11.6. The number of nitrogens with zero attached hydrogens (tertiary/aromatic N) is 3. The van der Waals surface area contributed by atoms with Gasteiger partial charge in [-0.05, 0) is 37.3 Å². The van der Waals surface area contributed by atoms with Crippen LogP contribution >= 0.6 is 22.7 Å². The minimum Gasteiger partial charge on any atom is -0.333 e. The summed E-state index contributed by atoms with van der Waals surface area (Å²) in [6.07, 6.45) is 0. The van der Waals surface area contributed by atoms with Gasteiger partial charge >= 0.3 is 0 Å². The molecule has 2 heterocycles. The Bertz CT molecular complexity index is 1000. The standard InChI is InChI=1S/C18H15N3OS2/c1-11(17-20-14-5-3-4-6-15(14)24-17)21(2)18(22)12-7-8-13-16(9-12)23-10-19-13/h3-11H,1-2H3. The van der Waals surface area contributed by atoms with Gasteiger partial charge in [0.05, 0.1) is 32.0 Å². The second kappa shape index (κ2) is 5.96.